The summed E-state index contributed by atoms with van der Waals surface area (Å²) < 4.78 is 48.4. The minimum atomic E-state index is -4.35. The van der Waals surface area contributed by atoms with Gasteiger partial charge in [0.05, 0.1) is 11.8 Å². The summed E-state index contributed by atoms with van der Waals surface area (Å²) in [4.78, 5) is 0. The molecule has 2 heterocycles. The predicted octanol–water partition coefficient (Wildman–Crippen LogP) is 4.64. The van der Waals surface area contributed by atoms with Gasteiger partial charge in [-0.05, 0) is 23.8 Å². The van der Waals surface area contributed by atoms with Gasteiger partial charge >= 0.3 is 6.18 Å². The van der Waals surface area contributed by atoms with Gasteiger partial charge in [-0.3, -0.25) is 0 Å². The number of alkyl halides is 3. The molecule has 8 heteroatoms. The van der Waals surface area contributed by atoms with Gasteiger partial charge in [-0.1, -0.05) is 30.0 Å². The number of thioether (sulfide) groups is 1. The van der Waals surface area contributed by atoms with E-state index in [2.05, 4.69) is 10.2 Å². The van der Waals surface area contributed by atoms with Crippen molar-refractivity contribution in [1.82, 2.24) is 10.2 Å². The van der Waals surface area contributed by atoms with Crippen molar-refractivity contribution in [1.29, 1.82) is 0 Å². The number of rotatable bonds is 4. The maximum absolute atomic E-state index is 12.6. The summed E-state index contributed by atoms with van der Waals surface area (Å²) >= 11 is 1.16. The molecule has 0 amide bonds. The van der Waals surface area contributed by atoms with Gasteiger partial charge in [-0.2, -0.15) is 13.2 Å². The van der Waals surface area contributed by atoms with E-state index in [0.29, 0.717) is 17.1 Å². The predicted molar refractivity (Wildman–Crippen MR) is 73.0 cm³/mol. The van der Waals surface area contributed by atoms with E-state index >= 15 is 0 Å². The zero-order valence-corrected chi connectivity index (χ0v) is 11.8. The summed E-state index contributed by atoms with van der Waals surface area (Å²) in [7, 11) is 0. The first-order valence-corrected chi connectivity index (χ1v) is 7.17. The van der Waals surface area contributed by atoms with E-state index < -0.39 is 11.7 Å². The van der Waals surface area contributed by atoms with E-state index in [0.717, 1.165) is 23.9 Å². The monoisotopic (exact) mass is 326 g/mol. The molecule has 4 nitrogen and oxygen atoms in total. The number of halogens is 3. The molecule has 1 aromatic carbocycles. The highest BCUT2D eigenvalue weighted by Gasteiger charge is 2.30. The Morgan fingerprint density at radius 2 is 1.95 bits per heavy atom. The molecule has 0 saturated heterocycles. The van der Waals surface area contributed by atoms with Crippen LogP contribution in [-0.4, -0.2) is 10.2 Å². The molecule has 0 saturated carbocycles. The van der Waals surface area contributed by atoms with E-state index in [-0.39, 0.29) is 11.1 Å². The number of hydrogen-bond donors (Lipinski definition) is 0. The van der Waals surface area contributed by atoms with Crippen molar-refractivity contribution in [3.63, 3.8) is 0 Å². The minimum absolute atomic E-state index is 0.233. The van der Waals surface area contributed by atoms with Gasteiger partial charge in [0.15, 0.2) is 5.76 Å². The van der Waals surface area contributed by atoms with Crippen LogP contribution in [0.1, 0.15) is 11.1 Å². The van der Waals surface area contributed by atoms with Crippen LogP contribution in [0.2, 0.25) is 0 Å². The van der Waals surface area contributed by atoms with E-state index in [9.17, 15) is 13.2 Å². The second-order valence-corrected chi connectivity index (χ2v) is 5.26. The average Bonchev–Trinajstić information content (AvgIpc) is 3.15. The van der Waals surface area contributed by atoms with E-state index in [4.69, 9.17) is 8.83 Å². The van der Waals surface area contributed by atoms with E-state index in [1.54, 1.807) is 18.2 Å². The summed E-state index contributed by atoms with van der Waals surface area (Å²) in [5, 5.41) is 7.91. The minimum Gasteiger partial charge on any atom is -0.459 e. The lowest BCUT2D eigenvalue weighted by atomic mass is 10.1. The molecule has 0 aliphatic heterocycles. The van der Waals surface area contributed by atoms with Crippen LogP contribution in [-0.2, 0) is 11.9 Å². The number of hydrogen-bond acceptors (Lipinski definition) is 5. The Morgan fingerprint density at radius 1 is 1.09 bits per heavy atom. The van der Waals surface area contributed by atoms with Gasteiger partial charge in [0.1, 0.15) is 0 Å². The Labute approximate surface area is 127 Å². The maximum atomic E-state index is 12.6. The molecule has 22 heavy (non-hydrogen) atoms. The molecule has 2 aromatic heterocycles. The zero-order valence-electron chi connectivity index (χ0n) is 11.0. The largest absolute Gasteiger partial charge is 0.459 e. The topological polar surface area (TPSA) is 52.1 Å². The first-order chi connectivity index (χ1) is 10.5. The molecule has 0 spiro atoms. The first kappa shape index (κ1) is 14.7. The number of nitrogens with zero attached hydrogens (tertiary/aromatic N) is 2. The van der Waals surface area contributed by atoms with Crippen LogP contribution >= 0.6 is 11.8 Å². The third kappa shape index (κ3) is 3.33. The summed E-state index contributed by atoms with van der Waals surface area (Å²) in [6.07, 6.45) is -2.87. The highest BCUT2D eigenvalue weighted by atomic mass is 32.2. The fourth-order valence-electron chi connectivity index (χ4n) is 1.75. The normalized spacial score (nSPS) is 11.8. The first-order valence-electron chi connectivity index (χ1n) is 6.19. The van der Waals surface area contributed by atoms with Gasteiger partial charge in [0.2, 0.25) is 0 Å². The highest BCUT2D eigenvalue weighted by molar-refractivity contribution is 7.98. The van der Waals surface area contributed by atoms with Gasteiger partial charge < -0.3 is 8.83 Å². The molecule has 3 aromatic rings. The number of benzene rings is 1. The second-order valence-electron chi connectivity index (χ2n) is 4.34. The zero-order chi connectivity index (χ0) is 15.6. The van der Waals surface area contributed by atoms with Gasteiger partial charge in [0.25, 0.3) is 11.1 Å². The van der Waals surface area contributed by atoms with Crippen LogP contribution < -0.4 is 0 Å². The van der Waals surface area contributed by atoms with Crippen molar-refractivity contribution < 1.29 is 22.0 Å². The smallest absolute Gasteiger partial charge is 0.416 e. The summed E-state index contributed by atoms with van der Waals surface area (Å²) in [6.45, 7) is 0. The molecule has 0 aliphatic rings. The second kappa shape index (κ2) is 5.88. The SMILES string of the molecule is FC(F)(F)c1cccc(CSc2nnc(-c3ccco3)o2)c1. The Balaban J connectivity index is 1.68. The van der Waals surface area contributed by atoms with Crippen LogP contribution in [0.4, 0.5) is 13.2 Å². The lowest BCUT2D eigenvalue weighted by molar-refractivity contribution is -0.137. The molecule has 3 rings (SSSR count). The lowest BCUT2D eigenvalue weighted by Crippen LogP contribution is -2.04. The fourth-order valence-corrected chi connectivity index (χ4v) is 2.46. The molecular weight excluding hydrogens is 317 g/mol. The van der Waals surface area contributed by atoms with Crippen molar-refractivity contribution in [3.8, 4) is 11.7 Å². The standard InChI is InChI=1S/C14H9F3N2O2S/c15-14(16,17)10-4-1-3-9(7-10)8-22-13-19-18-12(21-13)11-5-2-6-20-11/h1-7H,8H2. The van der Waals surface area contributed by atoms with E-state index in [1.807, 2.05) is 0 Å². The Bertz CT molecular complexity index is 754. The third-order valence-electron chi connectivity index (χ3n) is 2.76. The van der Waals surface area contributed by atoms with Gasteiger partial charge in [0, 0.05) is 5.75 Å². The van der Waals surface area contributed by atoms with Crippen molar-refractivity contribution in [2.45, 2.75) is 17.2 Å². The number of aromatic nitrogens is 2. The number of furan rings is 1. The van der Waals surface area contributed by atoms with Crippen LogP contribution in [0.5, 0.6) is 0 Å². The molecule has 114 valence electrons. The molecule has 0 aliphatic carbocycles. The highest BCUT2D eigenvalue weighted by Crippen LogP contribution is 2.31. The van der Waals surface area contributed by atoms with Gasteiger partial charge in [-0.15, -0.1) is 10.2 Å². The maximum Gasteiger partial charge on any atom is 0.416 e. The molecular formula is C14H9F3N2O2S. The Kier molecular flexibility index (Phi) is 3.93. The molecule has 0 fully saturated rings. The average molecular weight is 326 g/mol. The molecule has 0 bridgehead atoms. The van der Waals surface area contributed by atoms with Crippen molar-refractivity contribution >= 4 is 11.8 Å². The Hall–Kier alpha value is -2.22. The summed E-state index contributed by atoms with van der Waals surface area (Å²) in [5.74, 6) is 0.971. The molecule has 0 unspecified atom stereocenters. The van der Waals surface area contributed by atoms with E-state index in [1.165, 1.54) is 12.3 Å². The summed E-state index contributed by atoms with van der Waals surface area (Å²) in [6, 6.07) is 8.50. The van der Waals surface area contributed by atoms with Crippen LogP contribution in [0, 0.1) is 0 Å². The summed E-state index contributed by atoms with van der Waals surface area (Å²) in [5.41, 5.74) is -0.148. The van der Waals surface area contributed by atoms with Crippen molar-refractivity contribution in [2.75, 3.05) is 0 Å². The fraction of sp³-hybridized carbons (Fsp3) is 0.143. The molecule has 0 N–H and O–H groups in total. The van der Waals surface area contributed by atoms with Crippen LogP contribution in [0.25, 0.3) is 11.7 Å². The van der Waals surface area contributed by atoms with Crippen molar-refractivity contribution in [3.05, 3.63) is 53.8 Å². The Morgan fingerprint density at radius 3 is 2.68 bits per heavy atom. The quantitative estimate of drug-likeness (QED) is 0.654. The van der Waals surface area contributed by atoms with Crippen molar-refractivity contribution in [2.24, 2.45) is 0 Å². The van der Waals surface area contributed by atoms with Crippen LogP contribution in [0.3, 0.4) is 0 Å². The molecule has 0 atom stereocenters. The van der Waals surface area contributed by atoms with Gasteiger partial charge in [-0.25, -0.2) is 0 Å². The lowest BCUT2D eigenvalue weighted by Gasteiger charge is -2.07. The van der Waals surface area contributed by atoms with Crippen LogP contribution in [0.15, 0.2) is 56.7 Å². The molecule has 0 radical (unpaired) electrons. The third-order valence-corrected chi connectivity index (χ3v) is 3.64.